The van der Waals surface area contributed by atoms with E-state index in [1.54, 1.807) is 0 Å². The summed E-state index contributed by atoms with van der Waals surface area (Å²) in [6, 6.07) is 0.920. The summed E-state index contributed by atoms with van der Waals surface area (Å²) >= 11 is 0.854. The van der Waals surface area contributed by atoms with Crippen molar-refractivity contribution in [2.24, 2.45) is 0 Å². The average Bonchev–Trinajstić information content (AvgIpc) is 2.96. The molecule has 144 valence electrons. The standard InChI is InChI=1S/C17H17F3N4O2S/c1-4-9(3)22-11(25)6-24-7-21-13-12-8(2)5-10(17(18,19)20)23-15(12)27-14(13)16(24)26/h5,7,9H,4,6H2,1-3H3,(H,22,25). The lowest BCUT2D eigenvalue weighted by molar-refractivity contribution is -0.141. The molecular formula is C17H17F3N4O2S. The van der Waals surface area contributed by atoms with Crippen LogP contribution in [0, 0.1) is 6.92 Å². The molecule has 0 bridgehead atoms. The van der Waals surface area contributed by atoms with Crippen molar-refractivity contribution in [2.45, 2.75) is 46.0 Å². The van der Waals surface area contributed by atoms with Crippen LogP contribution < -0.4 is 10.9 Å². The number of aryl methyl sites for hydroxylation is 1. The van der Waals surface area contributed by atoms with E-state index in [0.717, 1.165) is 28.4 Å². The Kier molecular flexibility index (Phi) is 4.94. The summed E-state index contributed by atoms with van der Waals surface area (Å²) in [5.74, 6) is -0.331. The van der Waals surface area contributed by atoms with Crippen LogP contribution in [0.2, 0.25) is 0 Å². The number of carbonyl (C=O) groups excluding carboxylic acids is 1. The Morgan fingerprint density at radius 1 is 1.41 bits per heavy atom. The molecule has 0 aliphatic heterocycles. The van der Waals surface area contributed by atoms with Gasteiger partial charge in [0.05, 0.1) is 11.8 Å². The highest BCUT2D eigenvalue weighted by Crippen LogP contribution is 2.36. The number of nitrogens with one attached hydrogen (secondary N) is 1. The van der Waals surface area contributed by atoms with E-state index in [2.05, 4.69) is 15.3 Å². The monoisotopic (exact) mass is 398 g/mol. The van der Waals surface area contributed by atoms with Crippen molar-refractivity contribution < 1.29 is 18.0 Å². The number of amides is 1. The highest BCUT2D eigenvalue weighted by Gasteiger charge is 2.33. The van der Waals surface area contributed by atoms with Crippen molar-refractivity contribution in [2.75, 3.05) is 0 Å². The van der Waals surface area contributed by atoms with Crippen molar-refractivity contribution >= 4 is 37.7 Å². The minimum atomic E-state index is -4.57. The number of hydrogen-bond acceptors (Lipinski definition) is 5. The van der Waals surface area contributed by atoms with Gasteiger partial charge in [-0.05, 0) is 31.9 Å². The molecule has 6 nitrogen and oxygen atoms in total. The van der Waals surface area contributed by atoms with E-state index in [4.69, 9.17) is 0 Å². The third kappa shape index (κ3) is 3.66. The number of nitrogens with zero attached hydrogens (tertiary/aromatic N) is 3. The van der Waals surface area contributed by atoms with Gasteiger partial charge in [-0.3, -0.25) is 14.2 Å². The van der Waals surface area contributed by atoms with E-state index in [9.17, 15) is 22.8 Å². The van der Waals surface area contributed by atoms with E-state index < -0.39 is 17.4 Å². The zero-order valence-electron chi connectivity index (χ0n) is 14.8. The zero-order chi connectivity index (χ0) is 19.9. The molecule has 0 aromatic carbocycles. The molecule has 27 heavy (non-hydrogen) atoms. The Morgan fingerprint density at radius 3 is 2.74 bits per heavy atom. The van der Waals surface area contributed by atoms with Crippen molar-refractivity contribution in [1.82, 2.24) is 19.9 Å². The number of alkyl halides is 3. The molecule has 0 radical (unpaired) electrons. The maximum Gasteiger partial charge on any atom is 0.433 e. The molecule has 3 aromatic heterocycles. The van der Waals surface area contributed by atoms with Crippen LogP contribution in [-0.4, -0.2) is 26.5 Å². The topological polar surface area (TPSA) is 76.9 Å². The second-order valence-corrected chi connectivity index (χ2v) is 7.34. The lowest BCUT2D eigenvalue weighted by Crippen LogP contribution is -2.37. The van der Waals surface area contributed by atoms with Gasteiger partial charge >= 0.3 is 6.18 Å². The summed E-state index contributed by atoms with van der Waals surface area (Å²) in [6.07, 6.45) is -2.58. The Balaban J connectivity index is 2.08. The molecule has 1 N–H and O–H groups in total. The van der Waals surface area contributed by atoms with Crippen LogP contribution >= 0.6 is 11.3 Å². The van der Waals surface area contributed by atoms with E-state index >= 15 is 0 Å². The Labute approximate surface area is 156 Å². The number of rotatable bonds is 4. The van der Waals surface area contributed by atoms with Crippen molar-refractivity contribution in [3.8, 4) is 0 Å². The van der Waals surface area contributed by atoms with Crippen LogP contribution in [0.3, 0.4) is 0 Å². The van der Waals surface area contributed by atoms with Crippen molar-refractivity contribution in [3.05, 3.63) is 34.0 Å². The predicted molar refractivity (Wildman–Crippen MR) is 96.8 cm³/mol. The second kappa shape index (κ2) is 6.91. The van der Waals surface area contributed by atoms with Gasteiger partial charge in [-0.1, -0.05) is 6.92 Å². The summed E-state index contributed by atoms with van der Waals surface area (Å²) in [7, 11) is 0. The molecule has 1 amide bonds. The molecule has 0 fully saturated rings. The zero-order valence-corrected chi connectivity index (χ0v) is 15.7. The lowest BCUT2D eigenvalue weighted by atomic mass is 10.1. The molecule has 0 saturated heterocycles. The highest BCUT2D eigenvalue weighted by atomic mass is 32.1. The SMILES string of the molecule is CCC(C)NC(=O)Cn1cnc2c(sc3nc(C(F)(F)F)cc(C)c32)c1=O. The van der Waals surface area contributed by atoms with Gasteiger partial charge in [0.1, 0.15) is 21.8 Å². The predicted octanol–water partition coefficient (Wildman–Crippen LogP) is 3.25. The van der Waals surface area contributed by atoms with Gasteiger partial charge in [-0.15, -0.1) is 11.3 Å². The van der Waals surface area contributed by atoms with Crippen LogP contribution in [0.15, 0.2) is 17.2 Å². The first kappa shape index (κ1) is 19.3. The number of halogens is 3. The van der Waals surface area contributed by atoms with Gasteiger partial charge in [0.2, 0.25) is 5.91 Å². The Hall–Kier alpha value is -2.49. The van der Waals surface area contributed by atoms with Crippen molar-refractivity contribution in [1.29, 1.82) is 0 Å². The largest absolute Gasteiger partial charge is 0.433 e. The smallest absolute Gasteiger partial charge is 0.352 e. The highest BCUT2D eigenvalue weighted by molar-refractivity contribution is 7.25. The first-order valence-corrected chi connectivity index (χ1v) is 9.09. The van der Waals surface area contributed by atoms with Gasteiger partial charge in [0.15, 0.2) is 0 Å². The maximum absolute atomic E-state index is 13.0. The van der Waals surface area contributed by atoms with Crippen LogP contribution in [0.25, 0.3) is 20.4 Å². The summed E-state index contributed by atoms with van der Waals surface area (Å²) in [6.45, 7) is 5.09. The third-order valence-electron chi connectivity index (χ3n) is 4.24. The number of fused-ring (bicyclic) bond motifs is 3. The second-order valence-electron chi connectivity index (χ2n) is 6.34. The quantitative estimate of drug-likeness (QED) is 0.732. The lowest BCUT2D eigenvalue weighted by Gasteiger charge is -2.12. The minimum Gasteiger partial charge on any atom is -0.352 e. The summed E-state index contributed by atoms with van der Waals surface area (Å²) in [4.78, 5) is 32.7. The summed E-state index contributed by atoms with van der Waals surface area (Å²) < 4.78 is 40.3. The molecule has 0 spiro atoms. The molecule has 0 aliphatic rings. The Morgan fingerprint density at radius 2 is 2.11 bits per heavy atom. The van der Waals surface area contributed by atoms with Gasteiger partial charge in [0.25, 0.3) is 5.56 Å². The first-order chi connectivity index (χ1) is 12.6. The molecular weight excluding hydrogens is 381 g/mol. The van der Waals surface area contributed by atoms with Crippen LogP contribution in [0.1, 0.15) is 31.5 Å². The maximum atomic E-state index is 13.0. The number of thiophene rings is 1. The fourth-order valence-corrected chi connectivity index (χ4v) is 3.83. The molecule has 1 atom stereocenters. The van der Waals surface area contributed by atoms with Gasteiger partial charge in [0, 0.05) is 11.4 Å². The molecule has 1 unspecified atom stereocenters. The van der Waals surface area contributed by atoms with E-state index in [0.29, 0.717) is 16.5 Å². The fraction of sp³-hybridized carbons (Fsp3) is 0.412. The molecule has 0 saturated carbocycles. The number of hydrogen-bond donors (Lipinski definition) is 1. The van der Waals surface area contributed by atoms with Gasteiger partial charge < -0.3 is 5.32 Å². The number of pyridine rings is 1. The number of carbonyl (C=O) groups is 1. The molecule has 0 aliphatic carbocycles. The van der Waals surface area contributed by atoms with Crippen LogP contribution in [0.4, 0.5) is 13.2 Å². The Bertz CT molecular complexity index is 1090. The van der Waals surface area contributed by atoms with Gasteiger partial charge in [-0.2, -0.15) is 13.2 Å². The summed E-state index contributed by atoms with van der Waals surface area (Å²) in [5.41, 5.74) is -0.836. The first-order valence-electron chi connectivity index (χ1n) is 8.27. The van der Waals surface area contributed by atoms with Gasteiger partial charge in [-0.25, -0.2) is 9.97 Å². The van der Waals surface area contributed by atoms with E-state index in [1.807, 2.05) is 13.8 Å². The molecule has 3 heterocycles. The molecule has 3 aromatic rings. The molecule has 3 rings (SSSR count). The summed E-state index contributed by atoms with van der Waals surface area (Å²) in [5, 5.41) is 3.18. The van der Waals surface area contributed by atoms with Crippen LogP contribution in [0.5, 0.6) is 0 Å². The normalized spacial score (nSPS) is 13.3. The van der Waals surface area contributed by atoms with E-state index in [1.165, 1.54) is 13.3 Å². The fourth-order valence-electron chi connectivity index (χ4n) is 2.68. The molecule has 10 heteroatoms. The minimum absolute atomic E-state index is 0.0261. The number of aromatic nitrogens is 3. The van der Waals surface area contributed by atoms with Crippen LogP contribution in [-0.2, 0) is 17.5 Å². The van der Waals surface area contributed by atoms with Crippen molar-refractivity contribution in [3.63, 3.8) is 0 Å². The average molecular weight is 398 g/mol. The van der Waals surface area contributed by atoms with E-state index in [-0.39, 0.29) is 28.0 Å². The third-order valence-corrected chi connectivity index (χ3v) is 5.30.